The van der Waals surface area contributed by atoms with Crippen molar-refractivity contribution in [1.29, 1.82) is 0 Å². The highest BCUT2D eigenvalue weighted by Crippen LogP contribution is 2.40. The summed E-state index contributed by atoms with van der Waals surface area (Å²) in [5, 5.41) is 5.97. The Morgan fingerprint density at radius 3 is 2.08 bits per heavy atom. The van der Waals surface area contributed by atoms with Gasteiger partial charge in [0.2, 0.25) is 11.7 Å². The fourth-order valence-corrected chi connectivity index (χ4v) is 2.13. The van der Waals surface area contributed by atoms with Gasteiger partial charge in [-0.15, -0.1) is 0 Å². The van der Waals surface area contributed by atoms with Gasteiger partial charge in [0.05, 0.1) is 33.2 Å². The number of aromatic nitrogens is 1. The maximum absolute atomic E-state index is 11.7. The van der Waals surface area contributed by atoms with Gasteiger partial charge in [0, 0.05) is 23.7 Å². The first-order valence-electron chi connectivity index (χ1n) is 7.82. The van der Waals surface area contributed by atoms with Gasteiger partial charge >= 0.3 is 0 Å². The quantitative estimate of drug-likeness (QED) is 0.800. The summed E-state index contributed by atoms with van der Waals surface area (Å²) in [5.74, 6) is 1.97. The van der Waals surface area contributed by atoms with Crippen molar-refractivity contribution < 1.29 is 19.0 Å². The van der Waals surface area contributed by atoms with Crippen LogP contribution in [0.4, 0.5) is 17.2 Å². The third-order valence-electron chi connectivity index (χ3n) is 3.49. The first kappa shape index (κ1) is 18.4. The van der Waals surface area contributed by atoms with E-state index in [1.807, 2.05) is 19.9 Å². The molecule has 134 valence electrons. The van der Waals surface area contributed by atoms with E-state index in [4.69, 9.17) is 14.2 Å². The number of carbonyl (C=O) groups is 1. The topological polar surface area (TPSA) is 81.7 Å². The summed E-state index contributed by atoms with van der Waals surface area (Å²) < 4.78 is 16.0. The van der Waals surface area contributed by atoms with Crippen LogP contribution >= 0.6 is 0 Å². The van der Waals surface area contributed by atoms with Crippen LogP contribution in [0.2, 0.25) is 0 Å². The van der Waals surface area contributed by atoms with Gasteiger partial charge < -0.3 is 24.8 Å². The van der Waals surface area contributed by atoms with Gasteiger partial charge in [0.15, 0.2) is 11.5 Å². The van der Waals surface area contributed by atoms with E-state index >= 15 is 0 Å². The minimum atomic E-state index is -0.0983. The number of amides is 1. The molecule has 1 aromatic heterocycles. The lowest BCUT2D eigenvalue weighted by molar-refractivity contribution is -0.118. The molecule has 7 heteroatoms. The monoisotopic (exact) mass is 345 g/mol. The Morgan fingerprint density at radius 1 is 1.00 bits per heavy atom. The molecule has 0 aliphatic rings. The molecule has 0 spiro atoms. The van der Waals surface area contributed by atoms with Gasteiger partial charge in [-0.2, -0.15) is 0 Å². The maximum Gasteiger partial charge on any atom is 0.228 e. The van der Waals surface area contributed by atoms with E-state index in [1.54, 1.807) is 45.7 Å². The summed E-state index contributed by atoms with van der Waals surface area (Å²) in [6.45, 7) is 3.66. The Bertz CT molecular complexity index is 705. The number of hydrogen-bond donors (Lipinski definition) is 2. The Morgan fingerprint density at radius 2 is 1.64 bits per heavy atom. The zero-order valence-corrected chi connectivity index (χ0v) is 15.0. The molecule has 1 aromatic carbocycles. The molecule has 0 atom stereocenters. The zero-order valence-electron chi connectivity index (χ0n) is 15.0. The van der Waals surface area contributed by atoms with Crippen molar-refractivity contribution in [2.45, 2.75) is 13.8 Å². The number of anilines is 3. The minimum absolute atomic E-state index is 0.0714. The standard InChI is InChI=1S/C18H23N3O4/c1-11(2)18(22)21-16-7-6-12(10-19-16)20-13-8-14(23-3)17(25-5)15(9-13)24-4/h6-11,20H,1-5H3,(H,19,21,22). The summed E-state index contributed by atoms with van der Waals surface area (Å²) in [6, 6.07) is 7.17. The van der Waals surface area contributed by atoms with E-state index in [-0.39, 0.29) is 11.8 Å². The van der Waals surface area contributed by atoms with Crippen LogP contribution in [0.1, 0.15) is 13.8 Å². The highest BCUT2D eigenvalue weighted by atomic mass is 16.5. The second-order valence-electron chi connectivity index (χ2n) is 5.62. The number of nitrogens with one attached hydrogen (secondary N) is 2. The van der Waals surface area contributed by atoms with Crippen molar-refractivity contribution in [2.24, 2.45) is 5.92 Å². The number of benzene rings is 1. The Labute approximate surface area is 147 Å². The molecule has 0 unspecified atom stereocenters. The predicted molar refractivity (Wildman–Crippen MR) is 97.1 cm³/mol. The van der Waals surface area contributed by atoms with E-state index in [1.165, 1.54) is 0 Å². The zero-order chi connectivity index (χ0) is 18.4. The highest BCUT2D eigenvalue weighted by Gasteiger charge is 2.13. The van der Waals surface area contributed by atoms with Gasteiger partial charge in [-0.3, -0.25) is 4.79 Å². The molecule has 0 aliphatic heterocycles. The van der Waals surface area contributed by atoms with E-state index < -0.39 is 0 Å². The number of pyridine rings is 1. The Balaban J connectivity index is 2.18. The third-order valence-corrected chi connectivity index (χ3v) is 3.49. The van der Waals surface area contributed by atoms with Gasteiger partial charge in [0.1, 0.15) is 5.82 Å². The van der Waals surface area contributed by atoms with Crippen LogP contribution in [0.5, 0.6) is 17.2 Å². The average molecular weight is 345 g/mol. The molecule has 1 heterocycles. The fraction of sp³-hybridized carbons (Fsp3) is 0.333. The molecule has 2 aromatic rings. The molecule has 0 saturated heterocycles. The molecule has 2 N–H and O–H groups in total. The second kappa shape index (κ2) is 8.23. The molecular formula is C18H23N3O4. The molecule has 0 aliphatic carbocycles. The minimum Gasteiger partial charge on any atom is -0.493 e. The summed E-state index contributed by atoms with van der Waals surface area (Å²) in [4.78, 5) is 15.9. The maximum atomic E-state index is 11.7. The van der Waals surface area contributed by atoms with Crippen LogP contribution in [-0.2, 0) is 4.79 Å². The van der Waals surface area contributed by atoms with E-state index in [2.05, 4.69) is 15.6 Å². The molecule has 7 nitrogen and oxygen atoms in total. The molecule has 2 rings (SSSR count). The number of methoxy groups -OCH3 is 3. The van der Waals surface area contributed by atoms with Crippen molar-refractivity contribution in [2.75, 3.05) is 32.0 Å². The first-order chi connectivity index (χ1) is 12.0. The van der Waals surface area contributed by atoms with Crippen molar-refractivity contribution in [3.05, 3.63) is 30.5 Å². The van der Waals surface area contributed by atoms with E-state index in [0.29, 0.717) is 23.1 Å². The molecule has 25 heavy (non-hydrogen) atoms. The normalized spacial score (nSPS) is 10.3. The van der Waals surface area contributed by atoms with Crippen molar-refractivity contribution in [1.82, 2.24) is 4.98 Å². The second-order valence-corrected chi connectivity index (χ2v) is 5.62. The molecule has 0 fully saturated rings. The van der Waals surface area contributed by atoms with Gasteiger partial charge in [0.25, 0.3) is 0 Å². The molecule has 0 saturated carbocycles. The van der Waals surface area contributed by atoms with Crippen LogP contribution in [0.3, 0.4) is 0 Å². The Kier molecular flexibility index (Phi) is 6.05. The number of hydrogen-bond acceptors (Lipinski definition) is 6. The number of nitrogens with zero attached hydrogens (tertiary/aromatic N) is 1. The Hall–Kier alpha value is -2.96. The summed E-state index contributed by atoms with van der Waals surface area (Å²) >= 11 is 0. The van der Waals surface area contributed by atoms with Crippen LogP contribution in [0, 0.1) is 5.92 Å². The van der Waals surface area contributed by atoms with Crippen LogP contribution in [-0.4, -0.2) is 32.2 Å². The van der Waals surface area contributed by atoms with Crippen molar-refractivity contribution in [3.8, 4) is 17.2 Å². The summed E-state index contributed by atoms with van der Waals surface area (Å²) in [7, 11) is 4.69. The fourth-order valence-electron chi connectivity index (χ4n) is 2.13. The van der Waals surface area contributed by atoms with Crippen LogP contribution in [0.25, 0.3) is 0 Å². The molecule has 0 radical (unpaired) electrons. The summed E-state index contributed by atoms with van der Waals surface area (Å²) in [6.07, 6.45) is 1.64. The predicted octanol–water partition coefficient (Wildman–Crippen LogP) is 3.45. The lowest BCUT2D eigenvalue weighted by atomic mass is 10.2. The van der Waals surface area contributed by atoms with Gasteiger partial charge in [-0.05, 0) is 12.1 Å². The SMILES string of the molecule is COc1cc(Nc2ccc(NC(=O)C(C)C)nc2)cc(OC)c1OC. The lowest BCUT2D eigenvalue weighted by Gasteiger charge is -2.15. The van der Waals surface area contributed by atoms with Crippen LogP contribution < -0.4 is 24.8 Å². The third kappa shape index (κ3) is 4.53. The molecule has 0 bridgehead atoms. The average Bonchev–Trinajstić information content (AvgIpc) is 2.62. The van der Waals surface area contributed by atoms with E-state index in [0.717, 1.165) is 11.4 Å². The van der Waals surface area contributed by atoms with Crippen molar-refractivity contribution >= 4 is 23.1 Å². The van der Waals surface area contributed by atoms with Crippen LogP contribution in [0.15, 0.2) is 30.5 Å². The number of rotatable bonds is 7. The lowest BCUT2D eigenvalue weighted by Crippen LogP contribution is -2.18. The number of carbonyl (C=O) groups excluding carboxylic acids is 1. The summed E-state index contributed by atoms with van der Waals surface area (Å²) in [5.41, 5.74) is 1.52. The van der Waals surface area contributed by atoms with Gasteiger partial charge in [-0.25, -0.2) is 4.98 Å². The molecular weight excluding hydrogens is 322 g/mol. The highest BCUT2D eigenvalue weighted by molar-refractivity contribution is 5.91. The largest absolute Gasteiger partial charge is 0.493 e. The van der Waals surface area contributed by atoms with Gasteiger partial charge in [-0.1, -0.05) is 13.8 Å². The molecule has 1 amide bonds. The smallest absolute Gasteiger partial charge is 0.228 e. The van der Waals surface area contributed by atoms with E-state index in [9.17, 15) is 4.79 Å². The van der Waals surface area contributed by atoms with Crippen molar-refractivity contribution in [3.63, 3.8) is 0 Å². The first-order valence-corrected chi connectivity index (χ1v) is 7.82. The number of ether oxygens (including phenoxy) is 3.